The first-order valence-corrected chi connectivity index (χ1v) is 9.09. The summed E-state index contributed by atoms with van der Waals surface area (Å²) in [5.74, 6) is -0.513. The summed E-state index contributed by atoms with van der Waals surface area (Å²) >= 11 is 0. The molecule has 0 aromatic heterocycles. The number of carbonyl (C=O) groups is 2. The van der Waals surface area contributed by atoms with Crippen molar-refractivity contribution in [3.63, 3.8) is 0 Å². The lowest BCUT2D eigenvalue weighted by Gasteiger charge is -2.42. The van der Waals surface area contributed by atoms with E-state index in [0.717, 1.165) is 0 Å². The maximum Gasteiger partial charge on any atom is 0.254 e. The van der Waals surface area contributed by atoms with Crippen molar-refractivity contribution in [3.05, 3.63) is 35.1 Å². The molecule has 2 aliphatic heterocycles. The first-order chi connectivity index (χ1) is 12.5. The van der Waals surface area contributed by atoms with Crippen molar-refractivity contribution in [1.82, 2.24) is 9.80 Å². The first-order valence-electron chi connectivity index (χ1n) is 9.09. The number of carbonyl (C=O) groups excluding carboxylic acids is 2. The number of ether oxygens (including phenoxy) is 1. The molecule has 0 aliphatic carbocycles. The largest absolute Gasteiger partial charge is 0.381 e. The third kappa shape index (κ3) is 4.42. The first kappa shape index (κ1) is 21.6. The molecule has 2 N–H and O–H groups in total. The van der Waals surface area contributed by atoms with E-state index < -0.39 is 5.41 Å². The van der Waals surface area contributed by atoms with Gasteiger partial charge in [-0.3, -0.25) is 9.59 Å². The molecule has 2 heterocycles. The molecule has 0 radical (unpaired) electrons. The minimum absolute atomic E-state index is 0. The van der Waals surface area contributed by atoms with Crippen LogP contribution in [0.4, 0.5) is 4.39 Å². The van der Waals surface area contributed by atoms with Gasteiger partial charge in [-0.05, 0) is 37.5 Å². The summed E-state index contributed by atoms with van der Waals surface area (Å²) in [5.41, 5.74) is 6.24. The number of piperazine rings is 1. The average molecular weight is 400 g/mol. The highest BCUT2D eigenvalue weighted by Crippen LogP contribution is 2.32. The van der Waals surface area contributed by atoms with E-state index in [1.165, 1.54) is 6.07 Å². The van der Waals surface area contributed by atoms with Crippen LogP contribution in [0.25, 0.3) is 0 Å². The van der Waals surface area contributed by atoms with Gasteiger partial charge in [0.25, 0.3) is 5.91 Å². The molecule has 1 aromatic carbocycles. The van der Waals surface area contributed by atoms with Crippen LogP contribution < -0.4 is 5.73 Å². The van der Waals surface area contributed by atoms with E-state index in [2.05, 4.69) is 0 Å². The summed E-state index contributed by atoms with van der Waals surface area (Å²) in [5, 5.41) is 0. The Kier molecular flexibility index (Phi) is 7.19. The molecule has 0 atom stereocenters. The minimum Gasteiger partial charge on any atom is -0.381 e. The van der Waals surface area contributed by atoms with Crippen LogP contribution >= 0.6 is 12.4 Å². The Balaban J connectivity index is 0.00000261. The standard InChI is InChI=1S/C19H26FN3O3.ClH/c1-14-2-3-15(12-16(14)20)17(24)22-6-8-23(9-7-22)18(25)19(13-21)4-10-26-11-5-19;/h2-3,12H,4-11,13,21H2,1H3;1H. The van der Waals surface area contributed by atoms with Gasteiger partial charge in [0.05, 0.1) is 5.41 Å². The van der Waals surface area contributed by atoms with Gasteiger partial charge in [0.2, 0.25) is 5.91 Å². The smallest absolute Gasteiger partial charge is 0.254 e. The van der Waals surface area contributed by atoms with Crippen LogP contribution in [0.5, 0.6) is 0 Å². The van der Waals surface area contributed by atoms with Crippen molar-refractivity contribution in [2.24, 2.45) is 11.1 Å². The third-order valence-corrected chi connectivity index (χ3v) is 5.57. The Morgan fingerprint density at radius 1 is 1.15 bits per heavy atom. The molecular formula is C19H27ClFN3O3. The second-order valence-corrected chi connectivity index (χ2v) is 7.15. The summed E-state index contributed by atoms with van der Waals surface area (Å²) < 4.78 is 19.1. The van der Waals surface area contributed by atoms with E-state index in [4.69, 9.17) is 10.5 Å². The molecule has 3 rings (SSSR count). The Morgan fingerprint density at radius 2 is 1.74 bits per heavy atom. The second kappa shape index (κ2) is 8.99. The van der Waals surface area contributed by atoms with Crippen molar-refractivity contribution < 1.29 is 18.7 Å². The molecular weight excluding hydrogens is 373 g/mol. The van der Waals surface area contributed by atoms with E-state index >= 15 is 0 Å². The molecule has 8 heteroatoms. The number of halogens is 2. The highest BCUT2D eigenvalue weighted by molar-refractivity contribution is 5.94. The predicted octanol–water partition coefficient (Wildman–Crippen LogP) is 1.60. The fraction of sp³-hybridized carbons (Fsp3) is 0.579. The maximum atomic E-state index is 13.7. The number of rotatable bonds is 3. The quantitative estimate of drug-likeness (QED) is 0.837. The molecule has 1 aromatic rings. The van der Waals surface area contributed by atoms with E-state index in [0.29, 0.717) is 69.9 Å². The van der Waals surface area contributed by atoms with Crippen LogP contribution in [0.2, 0.25) is 0 Å². The molecule has 27 heavy (non-hydrogen) atoms. The monoisotopic (exact) mass is 399 g/mol. The van der Waals surface area contributed by atoms with Crippen LogP contribution in [-0.2, 0) is 9.53 Å². The fourth-order valence-electron chi connectivity index (χ4n) is 3.62. The molecule has 2 fully saturated rings. The van der Waals surface area contributed by atoms with Crippen LogP contribution in [0.3, 0.4) is 0 Å². The number of nitrogens with two attached hydrogens (primary N) is 1. The van der Waals surface area contributed by atoms with Crippen molar-refractivity contribution >= 4 is 24.2 Å². The van der Waals surface area contributed by atoms with Crippen molar-refractivity contribution in [3.8, 4) is 0 Å². The van der Waals surface area contributed by atoms with Gasteiger partial charge in [-0.1, -0.05) is 6.07 Å². The topological polar surface area (TPSA) is 75.9 Å². The SMILES string of the molecule is Cc1ccc(C(=O)N2CCN(C(=O)C3(CN)CCOCC3)CC2)cc1F.Cl. The zero-order valence-electron chi connectivity index (χ0n) is 15.6. The van der Waals surface area contributed by atoms with Gasteiger partial charge >= 0.3 is 0 Å². The van der Waals surface area contributed by atoms with Crippen molar-refractivity contribution in [2.75, 3.05) is 45.9 Å². The zero-order chi connectivity index (χ0) is 18.7. The van der Waals surface area contributed by atoms with Crippen molar-refractivity contribution in [1.29, 1.82) is 0 Å². The van der Waals surface area contributed by atoms with Crippen LogP contribution in [0.15, 0.2) is 18.2 Å². The molecule has 0 unspecified atom stereocenters. The van der Waals surface area contributed by atoms with Gasteiger partial charge in [0.15, 0.2) is 0 Å². The average Bonchev–Trinajstić information content (AvgIpc) is 2.69. The maximum absolute atomic E-state index is 13.7. The molecule has 2 amide bonds. The summed E-state index contributed by atoms with van der Waals surface area (Å²) in [6.07, 6.45) is 1.29. The number of hydrogen-bond donors (Lipinski definition) is 1. The number of aryl methyl sites for hydroxylation is 1. The molecule has 0 saturated carbocycles. The fourth-order valence-corrected chi connectivity index (χ4v) is 3.62. The predicted molar refractivity (Wildman–Crippen MR) is 102 cm³/mol. The number of hydrogen-bond acceptors (Lipinski definition) is 4. The van der Waals surface area contributed by atoms with Crippen LogP contribution in [-0.4, -0.2) is 67.6 Å². The molecule has 0 bridgehead atoms. The zero-order valence-corrected chi connectivity index (χ0v) is 16.4. The summed E-state index contributed by atoms with van der Waals surface area (Å²) in [7, 11) is 0. The lowest BCUT2D eigenvalue weighted by atomic mass is 9.78. The van der Waals surface area contributed by atoms with Gasteiger partial charge in [-0.2, -0.15) is 0 Å². The lowest BCUT2D eigenvalue weighted by molar-refractivity contribution is -0.148. The Morgan fingerprint density at radius 3 is 2.30 bits per heavy atom. The molecule has 2 saturated heterocycles. The van der Waals surface area contributed by atoms with E-state index in [1.54, 1.807) is 28.9 Å². The van der Waals surface area contributed by atoms with Gasteiger partial charge in [-0.15, -0.1) is 12.4 Å². The van der Waals surface area contributed by atoms with Gasteiger partial charge in [0, 0.05) is 51.5 Å². The Bertz CT molecular complexity index is 687. The Labute approximate surface area is 165 Å². The second-order valence-electron chi connectivity index (χ2n) is 7.15. The summed E-state index contributed by atoms with van der Waals surface area (Å²) in [4.78, 5) is 29.0. The van der Waals surface area contributed by atoms with Gasteiger partial charge in [0.1, 0.15) is 5.82 Å². The third-order valence-electron chi connectivity index (χ3n) is 5.57. The minimum atomic E-state index is -0.537. The van der Waals surface area contributed by atoms with Crippen molar-refractivity contribution in [2.45, 2.75) is 19.8 Å². The Hall–Kier alpha value is -1.70. The summed E-state index contributed by atoms with van der Waals surface area (Å²) in [6.45, 7) is 4.92. The normalized spacial score (nSPS) is 19.4. The van der Waals surface area contributed by atoms with E-state index in [1.807, 2.05) is 0 Å². The highest BCUT2D eigenvalue weighted by atomic mass is 35.5. The van der Waals surface area contributed by atoms with Gasteiger partial charge in [-0.25, -0.2) is 4.39 Å². The molecule has 2 aliphatic rings. The highest BCUT2D eigenvalue weighted by Gasteiger charge is 2.42. The summed E-state index contributed by atoms with van der Waals surface area (Å²) in [6, 6.07) is 4.53. The van der Waals surface area contributed by atoms with E-state index in [-0.39, 0.29) is 30.0 Å². The lowest BCUT2D eigenvalue weighted by Crippen LogP contribution is -2.57. The molecule has 150 valence electrons. The molecule has 6 nitrogen and oxygen atoms in total. The molecule has 0 spiro atoms. The van der Waals surface area contributed by atoms with E-state index in [9.17, 15) is 14.0 Å². The van der Waals surface area contributed by atoms with Crippen LogP contribution in [0, 0.1) is 18.2 Å². The van der Waals surface area contributed by atoms with Crippen LogP contribution in [0.1, 0.15) is 28.8 Å². The number of nitrogens with zero attached hydrogens (tertiary/aromatic N) is 2. The number of benzene rings is 1. The number of amides is 2. The van der Waals surface area contributed by atoms with Gasteiger partial charge < -0.3 is 20.3 Å².